The number of rotatable bonds is 9. The highest BCUT2D eigenvalue weighted by Gasteiger charge is 2.23. The first-order valence-corrected chi connectivity index (χ1v) is 7.79. The fraction of sp³-hybridized carbons (Fsp3) is 1.00. The van der Waals surface area contributed by atoms with Crippen molar-refractivity contribution in [1.82, 2.24) is 15.1 Å². The van der Waals surface area contributed by atoms with Crippen LogP contribution >= 0.6 is 0 Å². The van der Waals surface area contributed by atoms with Gasteiger partial charge in [-0.3, -0.25) is 0 Å². The lowest BCUT2D eigenvalue weighted by molar-refractivity contribution is 0.262. The third kappa shape index (κ3) is 5.68. The van der Waals surface area contributed by atoms with E-state index in [2.05, 4.69) is 43.1 Å². The first-order valence-electron chi connectivity index (χ1n) is 7.79. The van der Waals surface area contributed by atoms with E-state index in [1.807, 2.05) is 0 Å². The van der Waals surface area contributed by atoms with Gasteiger partial charge < -0.3 is 15.1 Å². The molecule has 0 spiro atoms. The van der Waals surface area contributed by atoms with Crippen molar-refractivity contribution >= 4 is 0 Å². The van der Waals surface area contributed by atoms with Crippen LogP contribution in [-0.2, 0) is 0 Å². The molecule has 1 rings (SSSR count). The molecule has 1 aliphatic rings. The molecule has 1 N–H and O–H groups in total. The van der Waals surface area contributed by atoms with Crippen molar-refractivity contribution in [3.8, 4) is 0 Å². The normalized spacial score (nSPS) is 22.8. The number of nitrogens with zero attached hydrogens (tertiary/aromatic N) is 2. The second-order valence-corrected chi connectivity index (χ2v) is 5.91. The van der Waals surface area contributed by atoms with Crippen molar-refractivity contribution in [1.29, 1.82) is 0 Å². The molecule has 0 radical (unpaired) electrons. The van der Waals surface area contributed by atoms with Crippen molar-refractivity contribution in [3.05, 3.63) is 0 Å². The molecular formula is C15H33N3. The summed E-state index contributed by atoms with van der Waals surface area (Å²) in [4.78, 5) is 5.01. The molecule has 0 aliphatic carbocycles. The van der Waals surface area contributed by atoms with Gasteiger partial charge in [0.05, 0.1) is 0 Å². The Morgan fingerprint density at radius 1 is 1.33 bits per heavy atom. The standard InChI is InChI=1S/C15H33N3/c1-5-10-16-14(6-2)8-7-11-18-12-9-15(13-18)17(3)4/h14-16H,5-13H2,1-4H3. The van der Waals surface area contributed by atoms with Gasteiger partial charge in [-0.25, -0.2) is 0 Å². The molecule has 3 heteroatoms. The molecule has 1 saturated heterocycles. The molecule has 0 aromatic rings. The third-order valence-electron chi connectivity index (χ3n) is 4.18. The van der Waals surface area contributed by atoms with E-state index >= 15 is 0 Å². The van der Waals surface area contributed by atoms with Gasteiger partial charge >= 0.3 is 0 Å². The number of hydrogen-bond acceptors (Lipinski definition) is 3. The summed E-state index contributed by atoms with van der Waals surface area (Å²) in [5.41, 5.74) is 0. The zero-order valence-electron chi connectivity index (χ0n) is 12.9. The number of hydrogen-bond donors (Lipinski definition) is 1. The minimum atomic E-state index is 0.734. The summed E-state index contributed by atoms with van der Waals surface area (Å²) in [6.07, 6.45) is 6.53. The van der Waals surface area contributed by atoms with Crippen molar-refractivity contribution in [2.45, 2.75) is 58.0 Å². The maximum Gasteiger partial charge on any atom is 0.0229 e. The van der Waals surface area contributed by atoms with Crippen molar-refractivity contribution in [3.63, 3.8) is 0 Å². The fourth-order valence-corrected chi connectivity index (χ4v) is 2.80. The molecule has 3 nitrogen and oxygen atoms in total. The molecule has 1 heterocycles. The van der Waals surface area contributed by atoms with Crippen molar-refractivity contribution in [2.75, 3.05) is 40.3 Å². The molecule has 0 saturated carbocycles. The summed E-state index contributed by atoms with van der Waals surface area (Å²) >= 11 is 0. The maximum absolute atomic E-state index is 3.64. The molecule has 2 unspecified atom stereocenters. The second kappa shape index (κ2) is 8.89. The summed E-state index contributed by atoms with van der Waals surface area (Å²) in [5, 5.41) is 3.64. The van der Waals surface area contributed by atoms with Gasteiger partial charge in [-0.05, 0) is 65.8 Å². The lowest BCUT2D eigenvalue weighted by atomic mass is 10.1. The molecule has 0 aromatic carbocycles. The summed E-state index contributed by atoms with van der Waals surface area (Å²) in [6.45, 7) is 9.56. The number of nitrogens with one attached hydrogen (secondary N) is 1. The van der Waals surface area contributed by atoms with E-state index < -0.39 is 0 Å². The van der Waals surface area contributed by atoms with Crippen LogP contribution in [0, 0.1) is 0 Å². The van der Waals surface area contributed by atoms with Gasteiger partial charge in [0, 0.05) is 18.6 Å². The van der Waals surface area contributed by atoms with Crippen LogP contribution in [0.4, 0.5) is 0 Å². The van der Waals surface area contributed by atoms with E-state index in [1.165, 1.54) is 58.3 Å². The SMILES string of the molecule is CCCNC(CC)CCCN1CCC(N(C)C)C1. The van der Waals surface area contributed by atoms with Gasteiger partial charge in [-0.1, -0.05) is 13.8 Å². The van der Waals surface area contributed by atoms with E-state index in [-0.39, 0.29) is 0 Å². The summed E-state index contributed by atoms with van der Waals surface area (Å²) in [6, 6.07) is 1.52. The zero-order chi connectivity index (χ0) is 13.4. The van der Waals surface area contributed by atoms with Gasteiger partial charge in [-0.15, -0.1) is 0 Å². The molecule has 1 fully saturated rings. The third-order valence-corrected chi connectivity index (χ3v) is 4.18. The van der Waals surface area contributed by atoms with Crippen LogP contribution in [0.25, 0.3) is 0 Å². The minimum absolute atomic E-state index is 0.734. The molecule has 2 atom stereocenters. The first-order chi connectivity index (χ1) is 8.67. The molecule has 0 aromatic heterocycles. The average molecular weight is 255 g/mol. The molecule has 18 heavy (non-hydrogen) atoms. The van der Waals surface area contributed by atoms with Crippen LogP contribution in [0.15, 0.2) is 0 Å². The van der Waals surface area contributed by atoms with Crippen LogP contribution in [0.5, 0.6) is 0 Å². The Hall–Kier alpha value is -0.120. The van der Waals surface area contributed by atoms with E-state index in [1.54, 1.807) is 0 Å². The molecule has 0 bridgehead atoms. The van der Waals surface area contributed by atoms with E-state index in [9.17, 15) is 0 Å². The Bertz CT molecular complexity index is 206. The largest absolute Gasteiger partial charge is 0.314 e. The van der Waals surface area contributed by atoms with Crippen LogP contribution in [-0.4, -0.2) is 62.2 Å². The fourth-order valence-electron chi connectivity index (χ4n) is 2.80. The summed E-state index contributed by atoms with van der Waals surface area (Å²) in [7, 11) is 4.41. The minimum Gasteiger partial charge on any atom is -0.314 e. The van der Waals surface area contributed by atoms with Gasteiger partial charge in [0.15, 0.2) is 0 Å². The highest BCUT2D eigenvalue weighted by molar-refractivity contribution is 4.80. The highest BCUT2D eigenvalue weighted by Crippen LogP contribution is 2.14. The predicted molar refractivity (Wildman–Crippen MR) is 80.1 cm³/mol. The van der Waals surface area contributed by atoms with Gasteiger partial charge in [-0.2, -0.15) is 0 Å². The monoisotopic (exact) mass is 255 g/mol. The van der Waals surface area contributed by atoms with E-state index in [0.29, 0.717) is 0 Å². The topological polar surface area (TPSA) is 18.5 Å². The molecule has 0 amide bonds. The van der Waals surface area contributed by atoms with Crippen molar-refractivity contribution in [2.24, 2.45) is 0 Å². The Morgan fingerprint density at radius 2 is 2.11 bits per heavy atom. The Balaban J connectivity index is 2.10. The Morgan fingerprint density at radius 3 is 2.67 bits per heavy atom. The maximum atomic E-state index is 3.64. The Kier molecular flexibility index (Phi) is 7.87. The molecular weight excluding hydrogens is 222 g/mol. The van der Waals surface area contributed by atoms with Crippen LogP contribution in [0.2, 0.25) is 0 Å². The summed E-state index contributed by atoms with van der Waals surface area (Å²) < 4.78 is 0. The lowest BCUT2D eigenvalue weighted by Gasteiger charge is -2.21. The zero-order valence-corrected chi connectivity index (χ0v) is 12.9. The highest BCUT2D eigenvalue weighted by atomic mass is 15.2. The lowest BCUT2D eigenvalue weighted by Crippen LogP contribution is -2.33. The molecule has 1 aliphatic heterocycles. The summed E-state index contributed by atoms with van der Waals surface area (Å²) in [5.74, 6) is 0. The second-order valence-electron chi connectivity index (χ2n) is 5.91. The number of likely N-dealkylation sites (N-methyl/N-ethyl adjacent to an activating group) is 1. The Labute approximate surface area is 114 Å². The van der Waals surface area contributed by atoms with Crippen molar-refractivity contribution < 1.29 is 0 Å². The first kappa shape index (κ1) is 15.9. The van der Waals surface area contributed by atoms with E-state index in [0.717, 1.165) is 12.1 Å². The van der Waals surface area contributed by atoms with Crippen LogP contribution in [0.3, 0.4) is 0 Å². The van der Waals surface area contributed by atoms with Crippen LogP contribution < -0.4 is 5.32 Å². The molecule has 108 valence electrons. The van der Waals surface area contributed by atoms with Crippen LogP contribution in [0.1, 0.15) is 46.0 Å². The number of likely N-dealkylation sites (tertiary alicyclic amines) is 1. The van der Waals surface area contributed by atoms with Gasteiger partial charge in [0.25, 0.3) is 0 Å². The smallest absolute Gasteiger partial charge is 0.0229 e. The van der Waals surface area contributed by atoms with Gasteiger partial charge in [0.2, 0.25) is 0 Å². The predicted octanol–water partition coefficient (Wildman–Crippen LogP) is 2.18. The van der Waals surface area contributed by atoms with E-state index in [4.69, 9.17) is 0 Å². The quantitative estimate of drug-likeness (QED) is 0.681. The average Bonchev–Trinajstić information content (AvgIpc) is 2.82. The van der Waals surface area contributed by atoms with Gasteiger partial charge in [0.1, 0.15) is 0 Å².